The third-order valence-electron chi connectivity index (χ3n) is 2.02. The first-order valence-electron chi connectivity index (χ1n) is 4.44. The molecule has 0 fully saturated rings. The molecule has 2 rings (SSSR count). The second kappa shape index (κ2) is 3.46. The van der Waals surface area contributed by atoms with Gasteiger partial charge in [0.05, 0.1) is 0 Å². The number of oxazole rings is 1. The van der Waals surface area contributed by atoms with Crippen LogP contribution in [-0.2, 0) is 0 Å². The van der Waals surface area contributed by atoms with E-state index in [1.165, 1.54) is 0 Å². The SMILES string of the molecule is Cc1cccc(-c2nc(C#N)c(N)o2)c1. The van der Waals surface area contributed by atoms with Crippen molar-refractivity contribution in [3.8, 4) is 17.5 Å². The molecule has 0 unspecified atom stereocenters. The summed E-state index contributed by atoms with van der Waals surface area (Å²) in [4.78, 5) is 3.99. The molecule has 1 heterocycles. The number of nitriles is 1. The van der Waals surface area contributed by atoms with Crippen molar-refractivity contribution < 1.29 is 4.42 Å². The summed E-state index contributed by atoms with van der Waals surface area (Å²) < 4.78 is 5.19. The summed E-state index contributed by atoms with van der Waals surface area (Å²) >= 11 is 0. The maximum Gasteiger partial charge on any atom is 0.230 e. The second-order valence-corrected chi connectivity index (χ2v) is 3.21. The zero-order chi connectivity index (χ0) is 10.8. The average Bonchev–Trinajstić information content (AvgIpc) is 2.60. The lowest BCUT2D eigenvalue weighted by atomic mass is 10.1. The summed E-state index contributed by atoms with van der Waals surface area (Å²) in [7, 11) is 0. The van der Waals surface area contributed by atoms with E-state index >= 15 is 0 Å². The van der Waals surface area contributed by atoms with Gasteiger partial charge in [0.25, 0.3) is 0 Å². The number of nitrogen functional groups attached to an aromatic ring is 1. The minimum absolute atomic E-state index is 0.0639. The smallest absolute Gasteiger partial charge is 0.230 e. The Kier molecular flexibility index (Phi) is 2.14. The summed E-state index contributed by atoms with van der Waals surface area (Å²) in [6.07, 6.45) is 0. The van der Waals surface area contributed by atoms with Crippen molar-refractivity contribution in [1.82, 2.24) is 4.98 Å². The normalized spacial score (nSPS) is 9.87. The Bertz CT molecular complexity index is 537. The van der Waals surface area contributed by atoms with Gasteiger partial charge in [0.15, 0.2) is 0 Å². The minimum Gasteiger partial charge on any atom is -0.419 e. The van der Waals surface area contributed by atoms with Crippen molar-refractivity contribution in [3.63, 3.8) is 0 Å². The number of aryl methyl sites for hydroxylation is 1. The van der Waals surface area contributed by atoms with Crippen LogP contribution >= 0.6 is 0 Å². The fourth-order valence-corrected chi connectivity index (χ4v) is 1.31. The van der Waals surface area contributed by atoms with E-state index in [0.29, 0.717) is 5.89 Å². The highest BCUT2D eigenvalue weighted by Crippen LogP contribution is 2.23. The number of nitrogens with two attached hydrogens (primary N) is 1. The average molecular weight is 199 g/mol. The quantitative estimate of drug-likeness (QED) is 0.763. The Labute approximate surface area is 87.0 Å². The van der Waals surface area contributed by atoms with Crippen LogP contribution in [0.15, 0.2) is 28.7 Å². The summed E-state index contributed by atoms with van der Waals surface area (Å²) in [6.45, 7) is 1.97. The number of anilines is 1. The molecule has 15 heavy (non-hydrogen) atoms. The predicted molar refractivity (Wildman–Crippen MR) is 55.8 cm³/mol. The Morgan fingerprint density at radius 1 is 1.47 bits per heavy atom. The molecule has 0 aliphatic heterocycles. The van der Waals surface area contributed by atoms with Gasteiger partial charge in [0.1, 0.15) is 6.07 Å². The molecule has 0 saturated heterocycles. The van der Waals surface area contributed by atoms with Crippen LogP contribution in [0, 0.1) is 18.3 Å². The van der Waals surface area contributed by atoms with E-state index in [1.54, 1.807) is 0 Å². The van der Waals surface area contributed by atoms with Crippen LogP contribution in [0.5, 0.6) is 0 Å². The standard InChI is InChI=1S/C11H9N3O/c1-7-3-2-4-8(5-7)11-14-9(6-12)10(13)15-11/h2-5H,13H2,1H3. The molecule has 0 bridgehead atoms. The van der Waals surface area contributed by atoms with Crippen molar-refractivity contribution in [2.45, 2.75) is 6.92 Å². The lowest BCUT2D eigenvalue weighted by Crippen LogP contribution is -1.84. The van der Waals surface area contributed by atoms with Gasteiger partial charge < -0.3 is 10.2 Å². The third-order valence-corrected chi connectivity index (χ3v) is 2.02. The molecule has 0 spiro atoms. The Morgan fingerprint density at radius 2 is 2.27 bits per heavy atom. The van der Waals surface area contributed by atoms with Gasteiger partial charge in [-0.15, -0.1) is 0 Å². The van der Waals surface area contributed by atoms with E-state index in [9.17, 15) is 0 Å². The monoisotopic (exact) mass is 199 g/mol. The molecule has 0 aliphatic rings. The van der Waals surface area contributed by atoms with Crippen molar-refractivity contribution >= 4 is 5.88 Å². The first kappa shape index (κ1) is 9.28. The zero-order valence-electron chi connectivity index (χ0n) is 8.19. The van der Waals surface area contributed by atoms with Crippen molar-refractivity contribution in [1.29, 1.82) is 5.26 Å². The van der Waals surface area contributed by atoms with Gasteiger partial charge in [-0.3, -0.25) is 0 Å². The van der Waals surface area contributed by atoms with Gasteiger partial charge in [-0.25, -0.2) is 0 Å². The maximum atomic E-state index is 8.68. The van der Waals surface area contributed by atoms with Crippen LogP contribution in [-0.4, -0.2) is 4.98 Å². The highest BCUT2D eigenvalue weighted by atomic mass is 16.4. The van der Waals surface area contributed by atoms with Gasteiger partial charge >= 0.3 is 0 Å². The van der Waals surface area contributed by atoms with E-state index in [1.807, 2.05) is 37.3 Å². The molecule has 1 aromatic heterocycles. The number of hydrogen-bond acceptors (Lipinski definition) is 4. The number of hydrogen-bond donors (Lipinski definition) is 1. The lowest BCUT2D eigenvalue weighted by Gasteiger charge is -1.95. The molecule has 4 nitrogen and oxygen atoms in total. The van der Waals surface area contributed by atoms with Crippen LogP contribution in [0.25, 0.3) is 11.5 Å². The Morgan fingerprint density at radius 3 is 2.87 bits per heavy atom. The van der Waals surface area contributed by atoms with Crippen molar-refractivity contribution in [2.24, 2.45) is 0 Å². The molecular formula is C11H9N3O. The lowest BCUT2D eigenvalue weighted by molar-refractivity contribution is 0.593. The molecule has 0 aliphatic carbocycles. The summed E-state index contributed by atoms with van der Waals surface area (Å²) in [6, 6.07) is 9.53. The van der Waals surface area contributed by atoms with E-state index in [-0.39, 0.29) is 11.6 Å². The molecule has 2 N–H and O–H groups in total. The molecule has 0 atom stereocenters. The predicted octanol–water partition coefficient (Wildman–Crippen LogP) is 2.10. The molecule has 0 amide bonds. The van der Waals surface area contributed by atoms with Crippen molar-refractivity contribution in [3.05, 3.63) is 35.5 Å². The minimum atomic E-state index is 0.0639. The van der Waals surface area contributed by atoms with Gasteiger partial charge in [-0.05, 0) is 19.1 Å². The molecule has 4 heteroatoms. The fourth-order valence-electron chi connectivity index (χ4n) is 1.31. The van der Waals surface area contributed by atoms with Crippen LogP contribution in [0.3, 0.4) is 0 Å². The fraction of sp³-hybridized carbons (Fsp3) is 0.0909. The Balaban J connectivity index is 2.51. The molecule has 0 radical (unpaired) electrons. The van der Waals surface area contributed by atoms with E-state index in [4.69, 9.17) is 15.4 Å². The van der Waals surface area contributed by atoms with Crippen LogP contribution in [0.1, 0.15) is 11.3 Å². The highest BCUT2D eigenvalue weighted by molar-refractivity contribution is 5.58. The molecular weight excluding hydrogens is 190 g/mol. The highest BCUT2D eigenvalue weighted by Gasteiger charge is 2.11. The second-order valence-electron chi connectivity index (χ2n) is 3.21. The van der Waals surface area contributed by atoms with E-state index in [0.717, 1.165) is 11.1 Å². The van der Waals surface area contributed by atoms with Crippen LogP contribution in [0.2, 0.25) is 0 Å². The molecule has 0 saturated carbocycles. The molecule has 2 aromatic rings. The third kappa shape index (κ3) is 1.67. The topological polar surface area (TPSA) is 75.8 Å². The van der Waals surface area contributed by atoms with Gasteiger partial charge in [0, 0.05) is 5.56 Å². The van der Waals surface area contributed by atoms with Gasteiger partial charge in [-0.1, -0.05) is 17.7 Å². The number of nitrogens with zero attached hydrogens (tertiary/aromatic N) is 2. The molecule has 74 valence electrons. The first-order chi connectivity index (χ1) is 7.20. The summed E-state index contributed by atoms with van der Waals surface area (Å²) in [5.74, 6) is 0.446. The maximum absolute atomic E-state index is 8.68. The number of benzene rings is 1. The zero-order valence-corrected chi connectivity index (χ0v) is 8.19. The largest absolute Gasteiger partial charge is 0.419 e. The molecule has 1 aromatic carbocycles. The number of aromatic nitrogens is 1. The van der Waals surface area contributed by atoms with E-state index in [2.05, 4.69) is 4.98 Å². The summed E-state index contributed by atoms with van der Waals surface area (Å²) in [5.41, 5.74) is 7.53. The summed E-state index contributed by atoms with van der Waals surface area (Å²) in [5, 5.41) is 8.68. The van der Waals surface area contributed by atoms with Crippen molar-refractivity contribution in [2.75, 3.05) is 5.73 Å². The Hall–Kier alpha value is -2.28. The van der Waals surface area contributed by atoms with Crippen LogP contribution < -0.4 is 5.73 Å². The van der Waals surface area contributed by atoms with Gasteiger partial charge in [0.2, 0.25) is 17.5 Å². The van der Waals surface area contributed by atoms with E-state index < -0.39 is 0 Å². The number of rotatable bonds is 1. The van der Waals surface area contributed by atoms with Gasteiger partial charge in [-0.2, -0.15) is 10.2 Å². The van der Waals surface area contributed by atoms with Crippen LogP contribution in [0.4, 0.5) is 5.88 Å². The first-order valence-corrected chi connectivity index (χ1v) is 4.44.